The molecule has 2 rings (SSSR count). The summed E-state index contributed by atoms with van der Waals surface area (Å²) in [5.41, 5.74) is 0. The molecule has 1 aliphatic heterocycles. The standard InChI is InChI=1S/C11H21N.C2H6O.H4N2/c1-10-7-8-12(9-10)11-5-3-2-4-6-11;1-2-3;1-2/h10-11H,2-9H2,1H3;3H,2H2,1H3;1-2H2. The lowest BCUT2D eigenvalue weighted by molar-refractivity contribution is 0.186. The molecule has 4 nitrogen and oxygen atoms in total. The summed E-state index contributed by atoms with van der Waals surface area (Å²) in [6, 6.07) is 0.962. The van der Waals surface area contributed by atoms with Crippen LogP contribution in [0.25, 0.3) is 0 Å². The van der Waals surface area contributed by atoms with Crippen molar-refractivity contribution in [2.75, 3.05) is 19.7 Å². The van der Waals surface area contributed by atoms with Crippen molar-refractivity contribution in [2.24, 2.45) is 17.6 Å². The molecule has 1 atom stereocenters. The van der Waals surface area contributed by atoms with Crippen LogP contribution in [0.4, 0.5) is 0 Å². The van der Waals surface area contributed by atoms with E-state index in [1.54, 1.807) is 6.92 Å². The van der Waals surface area contributed by atoms with Gasteiger partial charge in [0.25, 0.3) is 0 Å². The van der Waals surface area contributed by atoms with Gasteiger partial charge in [0.1, 0.15) is 0 Å². The van der Waals surface area contributed by atoms with Gasteiger partial charge in [0.05, 0.1) is 0 Å². The van der Waals surface area contributed by atoms with E-state index >= 15 is 0 Å². The van der Waals surface area contributed by atoms with Gasteiger partial charge in [-0.05, 0) is 38.6 Å². The molecule has 1 heterocycles. The molecule has 0 amide bonds. The smallest absolute Gasteiger partial charge is 0.0402 e. The minimum absolute atomic E-state index is 0.250. The second kappa shape index (κ2) is 11.0. The van der Waals surface area contributed by atoms with Crippen LogP contribution in [0.15, 0.2) is 0 Å². The summed E-state index contributed by atoms with van der Waals surface area (Å²) in [5.74, 6) is 8.96. The van der Waals surface area contributed by atoms with Crippen LogP contribution < -0.4 is 11.7 Å². The maximum Gasteiger partial charge on any atom is 0.0402 e. The molecule has 104 valence electrons. The zero-order valence-electron chi connectivity index (χ0n) is 11.6. The monoisotopic (exact) mass is 245 g/mol. The number of aliphatic hydroxyl groups is 1. The Balaban J connectivity index is 0.000000450. The van der Waals surface area contributed by atoms with Gasteiger partial charge in [-0.1, -0.05) is 26.2 Å². The molecule has 0 aromatic rings. The molecule has 1 saturated carbocycles. The minimum atomic E-state index is 0.250. The minimum Gasteiger partial charge on any atom is -0.397 e. The van der Waals surface area contributed by atoms with E-state index in [4.69, 9.17) is 5.11 Å². The lowest BCUT2D eigenvalue weighted by Crippen LogP contribution is -2.34. The van der Waals surface area contributed by atoms with Crippen LogP contribution in [-0.2, 0) is 0 Å². The third kappa shape index (κ3) is 6.99. The van der Waals surface area contributed by atoms with Gasteiger partial charge in [-0.25, -0.2) is 0 Å². The van der Waals surface area contributed by atoms with Crippen molar-refractivity contribution in [3.63, 3.8) is 0 Å². The van der Waals surface area contributed by atoms with Crippen molar-refractivity contribution in [2.45, 2.75) is 58.4 Å². The number of hydrogen-bond acceptors (Lipinski definition) is 4. The highest BCUT2D eigenvalue weighted by Crippen LogP contribution is 2.27. The Morgan fingerprint density at radius 1 is 1.12 bits per heavy atom. The van der Waals surface area contributed by atoms with E-state index in [2.05, 4.69) is 23.5 Å². The molecule has 2 aliphatic rings. The molecular formula is C13H31N3O. The number of rotatable bonds is 1. The number of hydrogen-bond donors (Lipinski definition) is 3. The number of aliphatic hydroxyl groups excluding tert-OH is 1. The van der Waals surface area contributed by atoms with Crippen LogP contribution in [0.1, 0.15) is 52.4 Å². The van der Waals surface area contributed by atoms with Crippen molar-refractivity contribution in [3.05, 3.63) is 0 Å². The Hall–Kier alpha value is -0.160. The first kappa shape index (κ1) is 16.8. The Labute approximate surface area is 106 Å². The molecule has 1 aliphatic carbocycles. The second-order valence-electron chi connectivity index (χ2n) is 5.00. The van der Waals surface area contributed by atoms with E-state index in [-0.39, 0.29) is 6.61 Å². The Morgan fingerprint density at radius 3 is 2.06 bits per heavy atom. The third-order valence-corrected chi connectivity index (χ3v) is 3.55. The molecule has 1 saturated heterocycles. The van der Waals surface area contributed by atoms with Crippen LogP contribution in [0.2, 0.25) is 0 Å². The van der Waals surface area contributed by atoms with Crippen LogP contribution in [-0.4, -0.2) is 35.7 Å². The topological polar surface area (TPSA) is 75.5 Å². The van der Waals surface area contributed by atoms with Gasteiger partial charge in [0.2, 0.25) is 0 Å². The molecule has 17 heavy (non-hydrogen) atoms. The summed E-state index contributed by atoms with van der Waals surface area (Å²) >= 11 is 0. The van der Waals surface area contributed by atoms with Gasteiger partial charge in [-0.15, -0.1) is 0 Å². The average molecular weight is 245 g/mol. The highest BCUT2D eigenvalue weighted by molar-refractivity contribution is 4.81. The fraction of sp³-hybridized carbons (Fsp3) is 1.00. The van der Waals surface area contributed by atoms with Gasteiger partial charge < -0.3 is 10.0 Å². The SMILES string of the molecule is CC1CCN(C2CCCCC2)C1.CCO.NN. The summed E-state index contributed by atoms with van der Waals surface area (Å²) in [6.07, 6.45) is 8.85. The Kier molecular flexibility index (Phi) is 10.9. The molecule has 0 spiro atoms. The average Bonchev–Trinajstić information content (AvgIpc) is 2.81. The predicted molar refractivity (Wildman–Crippen MR) is 73.4 cm³/mol. The largest absolute Gasteiger partial charge is 0.397 e. The molecule has 4 heteroatoms. The van der Waals surface area contributed by atoms with Crippen LogP contribution in [0, 0.1) is 5.92 Å². The first-order valence-corrected chi connectivity index (χ1v) is 6.96. The van der Waals surface area contributed by atoms with E-state index in [1.807, 2.05) is 0 Å². The molecule has 5 N–H and O–H groups in total. The lowest BCUT2D eigenvalue weighted by Gasteiger charge is -2.30. The van der Waals surface area contributed by atoms with Gasteiger partial charge >= 0.3 is 0 Å². The lowest BCUT2D eigenvalue weighted by atomic mass is 9.94. The maximum atomic E-state index is 7.57. The van der Waals surface area contributed by atoms with E-state index in [1.165, 1.54) is 51.6 Å². The van der Waals surface area contributed by atoms with Gasteiger partial charge in [-0.2, -0.15) is 0 Å². The fourth-order valence-electron chi connectivity index (χ4n) is 2.75. The molecule has 0 bridgehead atoms. The van der Waals surface area contributed by atoms with Crippen LogP contribution >= 0.6 is 0 Å². The van der Waals surface area contributed by atoms with Crippen molar-refractivity contribution < 1.29 is 5.11 Å². The zero-order valence-corrected chi connectivity index (χ0v) is 11.6. The molecule has 0 radical (unpaired) electrons. The van der Waals surface area contributed by atoms with Gasteiger partial charge in [0, 0.05) is 19.2 Å². The number of nitrogens with zero attached hydrogens (tertiary/aromatic N) is 1. The predicted octanol–water partition coefficient (Wildman–Crippen LogP) is 1.48. The summed E-state index contributed by atoms with van der Waals surface area (Å²) < 4.78 is 0. The summed E-state index contributed by atoms with van der Waals surface area (Å²) in [4.78, 5) is 2.74. The maximum absolute atomic E-state index is 7.57. The van der Waals surface area contributed by atoms with E-state index < -0.39 is 0 Å². The molecule has 0 aromatic heterocycles. The Bertz CT molecular complexity index is 158. The van der Waals surface area contributed by atoms with Crippen molar-refractivity contribution in [1.29, 1.82) is 0 Å². The summed E-state index contributed by atoms with van der Waals surface area (Å²) in [7, 11) is 0. The molecule has 1 unspecified atom stereocenters. The molecule has 0 aromatic carbocycles. The third-order valence-electron chi connectivity index (χ3n) is 3.55. The van der Waals surface area contributed by atoms with Crippen LogP contribution in [0.5, 0.6) is 0 Å². The van der Waals surface area contributed by atoms with E-state index in [0.29, 0.717) is 0 Å². The first-order chi connectivity index (χ1) is 8.27. The van der Waals surface area contributed by atoms with E-state index in [9.17, 15) is 0 Å². The van der Waals surface area contributed by atoms with Crippen LogP contribution in [0.3, 0.4) is 0 Å². The normalized spacial score (nSPS) is 25.6. The zero-order chi connectivity index (χ0) is 13.1. The van der Waals surface area contributed by atoms with Crippen molar-refractivity contribution in [3.8, 4) is 0 Å². The summed E-state index contributed by atoms with van der Waals surface area (Å²) in [5, 5.41) is 7.57. The van der Waals surface area contributed by atoms with Crippen molar-refractivity contribution >= 4 is 0 Å². The fourth-order valence-corrected chi connectivity index (χ4v) is 2.75. The second-order valence-corrected chi connectivity index (χ2v) is 5.00. The molecule has 2 fully saturated rings. The highest BCUT2D eigenvalue weighted by atomic mass is 16.2. The first-order valence-electron chi connectivity index (χ1n) is 6.96. The van der Waals surface area contributed by atoms with Gasteiger partial charge in [0.15, 0.2) is 0 Å². The Morgan fingerprint density at radius 2 is 1.65 bits per heavy atom. The quantitative estimate of drug-likeness (QED) is 0.483. The molecular weight excluding hydrogens is 214 g/mol. The van der Waals surface area contributed by atoms with Crippen molar-refractivity contribution in [1.82, 2.24) is 4.90 Å². The number of nitrogens with two attached hydrogens (primary N) is 2. The summed E-state index contributed by atoms with van der Waals surface area (Å²) in [6.45, 7) is 7.08. The number of likely N-dealkylation sites (tertiary alicyclic amines) is 1. The highest BCUT2D eigenvalue weighted by Gasteiger charge is 2.26. The number of hydrazine groups is 1. The van der Waals surface area contributed by atoms with Gasteiger partial charge in [-0.3, -0.25) is 11.7 Å². The van der Waals surface area contributed by atoms with E-state index in [0.717, 1.165) is 12.0 Å².